The SMILES string of the molecule is OCCCN1CCN(Cc2cccc(Cl)c2Cl)CC1. The summed E-state index contributed by atoms with van der Waals surface area (Å²) in [4.78, 5) is 4.79. The summed E-state index contributed by atoms with van der Waals surface area (Å²) >= 11 is 12.2. The molecule has 0 radical (unpaired) electrons. The van der Waals surface area contributed by atoms with E-state index in [1.54, 1.807) is 0 Å². The number of aliphatic hydroxyl groups is 1. The van der Waals surface area contributed by atoms with Gasteiger partial charge in [0.2, 0.25) is 0 Å². The van der Waals surface area contributed by atoms with Crippen LogP contribution in [0.15, 0.2) is 18.2 Å². The van der Waals surface area contributed by atoms with Gasteiger partial charge in [-0.3, -0.25) is 4.90 Å². The molecule has 1 fully saturated rings. The van der Waals surface area contributed by atoms with Gasteiger partial charge >= 0.3 is 0 Å². The molecule has 1 saturated heterocycles. The zero-order chi connectivity index (χ0) is 13.7. The first-order valence-electron chi connectivity index (χ1n) is 6.69. The Balaban J connectivity index is 1.84. The van der Waals surface area contributed by atoms with E-state index in [2.05, 4.69) is 9.80 Å². The van der Waals surface area contributed by atoms with E-state index in [1.807, 2.05) is 18.2 Å². The molecule has 106 valence electrons. The van der Waals surface area contributed by atoms with Crippen molar-refractivity contribution in [3.63, 3.8) is 0 Å². The van der Waals surface area contributed by atoms with Gasteiger partial charge in [-0.05, 0) is 18.1 Å². The maximum absolute atomic E-state index is 8.84. The molecule has 1 aliphatic heterocycles. The Bertz CT molecular complexity index is 406. The number of nitrogens with zero attached hydrogens (tertiary/aromatic N) is 2. The fourth-order valence-corrected chi connectivity index (χ4v) is 2.76. The maximum Gasteiger partial charge on any atom is 0.0637 e. The second kappa shape index (κ2) is 7.46. The van der Waals surface area contributed by atoms with Crippen molar-refractivity contribution in [2.45, 2.75) is 13.0 Å². The fourth-order valence-electron chi connectivity index (χ4n) is 2.38. The van der Waals surface area contributed by atoms with Crippen LogP contribution in [0.25, 0.3) is 0 Å². The predicted octanol–water partition coefficient (Wildman–Crippen LogP) is 2.49. The summed E-state index contributed by atoms with van der Waals surface area (Å²) in [6.07, 6.45) is 0.861. The lowest BCUT2D eigenvalue weighted by Crippen LogP contribution is -2.46. The van der Waals surface area contributed by atoms with Crippen LogP contribution in [0.3, 0.4) is 0 Å². The highest BCUT2D eigenvalue weighted by atomic mass is 35.5. The van der Waals surface area contributed by atoms with Crippen molar-refractivity contribution in [1.29, 1.82) is 0 Å². The van der Waals surface area contributed by atoms with Crippen LogP contribution < -0.4 is 0 Å². The van der Waals surface area contributed by atoms with Crippen molar-refractivity contribution < 1.29 is 5.11 Å². The predicted molar refractivity (Wildman–Crippen MR) is 79.9 cm³/mol. The lowest BCUT2D eigenvalue weighted by atomic mass is 10.2. The van der Waals surface area contributed by atoms with Crippen molar-refractivity contribution >= 4 is 23.2 Å². The first-order chi connectivity index (χ1) is 9.20. The van der Waals surface area contributed by atoms with Gasteiger partial charge in [0.25, 0.3) is 0 Å². The third-order valence-electron chi connectivity index (χ3n) is 3.52. The van der Waals surface area contributed by atoms with E-state index in [0.29, 0.717) is 10.0 Å². The molecule has 3 nitrogen and oxygen atoms in total. The van der Waals surface area contributed by atoms with Gasteiger partial charge in [0.05, 0.1) is 10.0 Å². The van der Waals surface area contributed by atoms with Gasteiger partial charge in [0, 0.05) is 45.9 Å². The normalized spacial score (nSPS) is 17.8. The Morgan fingerprint density at radius 3 is 2.42 bits per heavy atom. The van der Waals surface area contributed by atoms with Gasteiger partial charge in [-0.25, -0.2) is 0 Å². The molecule has 5 heteroatoms. The summed E-state index contributed by atoms with van der Waals surface area (Å²) in [7, 11) is 0. The van der Waals surface area contributed by atoms with Gasteiger partial charge in [-0.1, -0.05) is 35.3 Å². The third-order valence-corrected chi connectivity index (χ3v) is 4.38. The average Bonchev–Trinajstić information content (AvgIpc) is 2.43. The molecule has 0 spiro atoms. The van der Waals surface area contributed by atoms with Crippen molar-refractivity contribution in [3.05, 3.63) is 33.8 Å². The zero-order valence-corrected chi connectivity index (χ0v) is 12.5. The number of rotatable bonds is 5. The second-order valence-corrected chi connectivity index (χ2v) is 5.69. The number of hydrogen-bond donors (Lipinski definition) is 1. The van der Waals surface area contributed by atoms with Gasteiger partial charge in [0.15, 0.2) is 0 Å². The highest BCUT2D eigenvalue weighted by Crippen LogP contribution is 2.26. The van der Waals surface area contributed by atoms with Crippen LogP contribution >= 0.6 is 23.2 Å². The molecule has 0 aromatic heterocycles. The molecule has 2 rings (SSSR count). The minimum Gasteiger partial charge on any atom is -0.396 e. The smallest absolute Gasteiger partial charge is 0.0637 e. The van der Waals surface area contributed by atoms with Crippen LogP contribution in [0.2, 0.25) is 10.0 Å². The highest BCUT2D eigenvalue weighted by Gasteiger charge is 2.17. The quantitative estimate of drug-likeness (QED) is 0.905. The van der Waals surface area contributed by atoms with Crippen molar-refractivity contribution in [2.75, 3.05) is 39.3 Å². The van der Waals surface area contributed by atoms with Crippen molar-refractivity contribution in [1.82, 2.24) is 9.80 Å². The molecule has 0 unspecified atom stereocenters. The van der Waals surface area contributed by atoms with Crippen LogP contribution in [0, 0.1) is 0 Å². The second-order valence-electron chi connectivity index (χ2n) is 4.91. The lowest BCUT2D eigenvalue weighted by molar-refractivity contribution is 0.120. The van der Waals surface area contributed by atoms with Gasteiger partial charge in [0.1, 0.15) is 0 Å². The lowest BCUT2D eigenvalue weighted by Gasteiger charge is -2.34. The van der Waals surface area contributed by atoms with Gasteiger partial charge in [-0.2, -0.15) is 0 Å². The molecule has 1 aromatic carbocycles. The monoisotopic (exact) mass is 302 g/mol. The summed E-state index contributed by atoms with van der Waals surface area (Å²) in [6, 6.07) is 5.80. The summed E-state index contributed by atoms with van der Waals surface area (Å²) < 4.78 is 0. The Kier molecular flexibility index (Phi) is 5.92. The van der Waals surface area contributed by atoms with E-state index in [9.17, 15) is 0 Å². The number of halogens is 2. The summed E-state index contributed by atoms with van der Waals surface area (Å²) in [6.45, 7) is 6.30. The van der Waals surface area contributed by atoms with Crippen LogP contribution in [0.1, 0.15) is 12.0 Å². The minimum absolute atomic E-state index is 0.276. The third kappa shape index (κ3) is 4.33. The fraction of sp³-hybridized carbons (Fsp3) is 0.571. The molecule has 1 N–H and O–H groups in total. The van der Waals surface area contributed by atoms with Crippen LogP contribution in [-0.4, -0.2) is 54.2 Å². The average molecular weight is 303 g/mol. The van der Waals surface area contributed by atoms with E-state index in [-0.39, 0.29) is 6.61 Å². The van der Waals surface area contributed by atoms with E-state index in [0.717, 1.165) is 51.3 Å². The largest absolute Gasteiger partial charge is 0.396 e. The topological polar surface area (TPSA) is 26.7 Å². The first kappa shape index (κ1) is 15.1. The van der Waals surface area contributed by atoms with E-state index in [4.69, 9.17) is 28.3 Å². The first-order valence-corrected chi connectivity index (χ1v) is 7.45. The van der Waals surface area contributed by atoms with Crippen molar-refractivity contribution in [2.24, 2.45) is 0 Å². The highest BCUT2D eigenvalue weighted by molar-refractivity contribution is 6.42. The number of piperazine rings is 1. The zero-order valence-electron chi connectivity index (χ0n) is 11.0. The molecular formula is C14H20Cl2N2O. The molecule has 0 saturated carbocycles. The molecule has 1 heterocycles. The van der Waals surface area contributed by atoms with Crippen molar-refractivity contribution in [3.8, 4) is 0 Å². The Hall–Kier alpha value is -0.320. The maximum atomic E-state index is 8.84. The molecular weight excluding hydrogens is 283 g/mol. The molecule has 19 heavy (non-hydrogen) atoms. The minimum atomic E-state index is 0.276. The molecule has 0 bridgehead atoms. The summed E-state index contributed by atoms with van der Waals surface area (Å²) in [5.41, 5.74) is 1.10. The van der Waals surface area contributed by atoms with Crippen LogP contribution in [0.5, 0.6) is 0 Å². The van der Waals surface area contributed by atoms with Crippen LogP contribution in [-0.2, 0) is 6.54 Å². The number of benzene rings is 1. The van der Waals surface area contributed by atoms with E-state index < -0.39 is 0 Å². The molecule has 1 aromatic rings. The molecule has 0 atom stereocenters. The van der Waals surface area contributed by atoms with Gasteiger partial charge in [-0.15, -0.1) is 0 Å². The number of aliphatic hydroxyl groups excluding tert-OH is 1. The van der Waals surface area contributed by atoms with Crippen LogP contribution in [0.4, 0.5) is 0 Å². The molecule has 0 aliphatic carbocycles. The number of hydrogen-bond acceptors (Lipinski definition) is 3. The molecule has 1 aliphatic rings. The van der Waals surface area contributed by atoms with E-state index >= 15 is 0 Å². The Labute approximate surface area is 124 Å². The summed E-state index contributed by atoms with van der Waals surface area (Å²) in [5.74, 6) is 0. The van der Waals surface area contributed by atoms with E-state index in [1.165, 1.54) is 0 Å². The standard InChI is InChI=1S/C14H20Cl2N2O/c15-13-4-1-3-12(14(13)16)11-18-8-6-17(7-9-18)5-2-10-19/h1,3-4,19H,2,5-11H2. The van der Waals surface area contributed by atoms with Gasteiger partial charge < -0.3 is 10.0 Å². The Morgan fingerprint density at radius 1 is 1.05 bits per heavy atom. The molecule has 0 amide bonds. The summed E-state index contributed by atoms with van der Waals surface area (Å²) in [5, 5.41) is 10.1. The Morgan fingerprint density at radius 2 is 1.74 bits per heavy atom.